The third-order valence-corrected chi connectivity index (χ3v) is 1.32. The fourth-order valence-corrected chi connectivity index (χ4v) is 0.592. The molecule has 82 valence electrons. The van der Waals surface area contributed by atoms with Gasteiger partial charge in [0.2, 0.25) is 5.96 Å². The lowest BCUT2D eigenvalue weighted by Gasteiger charge is -2.17. The smallest absolute Gasteiger partial charge is 0.211 e. The molecular weight excluding hydrogens is 192 g/mol. The molecule has 0 saturated heterocycles. The van der Waals surface area contributed by atoms with Crippen LogP contribution in [0, 0.1) is 0 Å². The summed E-state index contributed by atoms with van der Waals surface area (Å²) in [5.41, 5.74) is 9.84. The van der Waals surface area contributed by atoms with Gasteiger partial charge in [-0.05, 0) is 0 Å². The second-order valence-corrected chi connectivity index (χ2v) is 2.52. The van der Waals surface area contributed by atoms with Crippen LogP contribution in [0.3, 0.4) is 0 Å². The van der Waals surface area contributed by atoms with Gasteiger partial charge in [0.25, 0.3) is 0 Å². The normalized spacial score (nSPS) is 17.7. The summed E-state index contributed by atoms with van der Waals surface area (Å²) in [5, 5.41) is 41.9. The van der Waals surface area contributed by atoms with Crippen molar-refractivity contribution in [1.29, 1.82) is 0 Å². The molecule has 0 heterocycles. The summed E-state index contributed by atoms with van der Waals surface area (Å²) in [6.45, 7) is -0.672. The van der Waals surface area contributed by atoms with E-state index in [1.54, 1.807) is 0 Å². The van der Waals surface area contributed by atoms with Crippen LogP contribution in [-0.4, -0.2) is 57.5 Å². The van der Waals surface area contributed by atoms with E-state index in [2.05, 4.69) is 10.2 Å². The van der Waals surface area contributed by atoms with Gasteiger partial charge in [0.05, 0.1) is 12.8 Å². The third-order valence-electron chi connectivity index (χ3n) is 1.32. The average molecular weight is 206 g/mol. The van der Waals surface area contributed by atoms with Crippen LogP contribution in [0.1, 0.15) is 0 Å². The number of rotatable bonds is 5. The van der Waals surface area contributed by atoms with Gasteiger partial charge in [-0.2, -0.15) is 5.10 Å². The van der Waals surface area contributed by atoms with Gasteiger partial charge in [0.15, 0.2) is 0 Å². The molecule has 8 heteroatoms. The van der Waals surface area contributed by atoms with Crippen molar-refractivity contribution in [3.8, 4) is 0 Å². The van der Waals surface area contributed by atoms with Crippen molar-refractivity contribution in [2.45, 2.75) is 18.3 Å². The van der Waals surface area contributed by atoms with E-state index in [-0.39, 0.29) is 5.96 Å². The Labute approximate surface area is 80.2 Å². The highest BCUT2D eigenvalue weighted by atomic mass is 16.4. The Bertz CT molecular complexity index is 216. The number of guanidine groups is 1. The zero-order valence-corrected chi connectivity index (χ0v) is 7.35. The van der Waals surface area contributed by atoms with Crippen molar-refractivity contribution in [2.24, 2.45) is 21.7 Å². The predicted molar refractivity (Wildman–Crippen MR) is 49.4 cm³/mol. The lowest BCUT2D eigenvalue weighted by atomic mass is 10.1. The van der Waals surface area contributed by atoms with Crippen LogP contribution in [0.4, 0.5) is 0 Å². The van der Waals surface area contributed by atoms with Crippen molar-refractivity contribution >= 4 is 12.2 Å². The largest absolute Gasteiger partial charge is 0.394 e. The van der Waals surface area contributed by atoms with Gasteiger partial charge in [-0.25, -0.2) is 0 Å². The van der Waals surface area contributed by atoms with E-state index in [9.17, 15) is 0 Å². The molecular formula is C6H14N4O4. The molecule has 0 rings (SSSR count). The van der Waals surface area contributed by atoms with Gasteiger partial charge in [-0.15, -0.1) is 5.10 Å². The Morgan fingerprint density at radius 2 is 1.86 bits per heavy atom. The highest BCUT2D eigenvalue weighted by Crippen LogP contribution is 1.97. The molecule has 0 aromatic carbocycles. The Morgan fingerprint density at radius 1 is 1.29 bits per heavy atom. The second kappa shape index (κ2) is 6.27. The van der Waals surface area contributed by atoms with Crippen LogP contribution >= 0.6 is 0 Å². The molecule has 0 radical (unpaired) electrons. The van der Waals surface area contributed by atoms with Gasteiger partial charge >= 0.3 is 0 Å². The molecule has 0 saturated carbocycles. The summed E-state index contributed by atoms with van der Waals surface area (Å²) >= 11 is 0. The minimum absolute atomic E-state index is 0.300. The van der Waals surface area contributed by atoms with E-state index in [0.29, 0.717) is 0 Å². The number of hydrogen-bond donors (Lipinski definition) is 6. The number of nitrogens with two attached hydrogens (primary N) is 2. The number of hydrogen-bond acceptors (Lipinski definition) is 6. The predicted octanol–water partition coefficient (Wildman–Crippen LogP) is -3.68. The molecule has 0 amide bonds. The first-order chi connectivity index (χ1) is 6.49. The lowest BCUT2D eigenvalue weighted by molar-refractivity contribution is -0.0541. The van der Waals surface area contributed by atoms with E-state index in [4.69, 9.17) is 31.9 Å². The molecule has 0 aromatic rings. The van der Waals surface area contributed by atoms with E-state index in [0.717, 1.165) is 6.21 Å². The molecule has 8 nitrogen and oxygen atoms in total. The second-order valence-electron chi connectivity index (χ2n) is 2.52. The standard InChI is InChI=1S/C6H14N4O4/c7-6(8)10-9-1-3(12)5(14)4(13)2-11/h1,3-5,11-14H,2H2,(H4,7,8,10)/b9-1+/t3-,4+,5+/m0/s1. The van der Waals surface area contributed by atoms with Gasteiger partial charge in [0.1, 0.15) is 18.3 Å². The Balaban J connectivity index is 4.13. The maximum Gasteiger partial charge on any atom is 0.211 e. The average Bonchev–Trinajstić information content (AvgIpc) is 2.14. The minimum atomic E-state index is -1.54. The molecule has 0 fully saturated rings. The highest BCUT2D eigenvalue weighted by Gasteiger charge is 2.22. The first-order valence-electron chi connectivity index (χ1n) is 3.76. The van der Waals surface area contributed by atoms with Crippen LogP contribution in [0.25, 0.3) is 0 Å². The van der Waals surface area contributed by atoms with Crippen LogP contribution in [0.2, 0.25) is 0 Å². The monoisotopic (exact) mass is 206 g/mol. The number of nitrogens with zero attached hydrogens (tertiary/aromatic N) is 2. The number of aliphatic hydroxyl groups is 4. The molecule has 0 unspecified atom stereocenters. The molecule has 0 aliphatic carbocycles. The summed E-state index contributed by atoms with van der Waals surface area (Å²) in [5.74, 6) is -0.300. The summed E-state index contributed by atoms with van der Waals surface area (Å²) < 4.78 is 0. The topological polar surface area (TPSA) is 158 Å². The van der Waals surface area contributed by atoms with Crippen molar-refractivity contribution in [3.63, 3.8) is 0 Å². The molecule has 14 heavy (non-hydrogen) atoms. The quantitative estimate of drug-likeness (QED) is 0.154. The third kappa shape index (κ3) is 4.72. The summed E-state index contributed by atoms with van der Waals surface area (Å²) in [7, 11) is 0. The fraction of sp³-hybridized carbons (Fsp3) is 0.667. The molecule has 3 atom stereocenters. The Morgan fingerprint density at radius 3 is 2.29 bits per heavy atom. The summed E-state index contributed by atoms with van der Waals surface area (Å²) in [6, 6.07) is 0. The van der Waals surface area contributed by atoms with Crippen molar-refractivity contribution < 1.29 is 20.4 Å². The van der Waals surface area contributed by atoms with Gasteiger partial charge in [-0.3, -0.25) is 0 Å². The van der Waals surface area contributed by atoms with Crippen LogP contribution in [0.15, 0.2) is 10.2 Å². The van der Waals surface area contributed by atoms with Crippen molar-refractivity contribution in [1.82, 2.24) is 0 Å². The highest BCUT2D eigenvalue weighted by molar-refractivity contribution is 5.76. The lowest BCUT2D eigenvalue weighted by Crippen LogP contribution is -2.40. The molecule has 0 aromatic heterocycles. The minimum Gasteiger partial charge on any atom is -0.394 e. The number of aliphatic hydroxyl groups excluding tert-OH is 4. The van der Waals surface area contributed by atoms with Gasteiger partial charge in [0, 0.05) is 0 Å². The van der Waals surface area contributed by atoms with Gasteiger partial charge in [-0.1, -0.05) is 0 Å². The summed E-state index contributed by atoms with van der Waals surface area (Å²) in [4.78, 5) is 0. The Hall–Kier alpha value is -1.22. The molecule has 0 aliphatic rings. The zero-order chi connectivity index (χ0) is 11.1. The first kappa shape index (κ1) is 12.8. The van der Waals surface area contributed by atoms with E-state index < -0.39 is 24.9 Å². The summed E-state index contributed by atoms with van der Waals surface area (Å²) in [6.07, 6.45) is -3.61. The zero-order valence-electron chi connectivity index (χ0n) is 7.35. The van der Waals surface area contributed by atoms with Crippen molar-refractivity contribution in [2.75, 3.05) is 6.61 Å². The van der Waals surface area contributed by atoms with E-state index in [1.165, 1.54) is 0 Å². The van der Waals surface area contributed by atoms with E-state index >= 15 is 0 Å². The Kier molecular flexibility index (Phi) is 5.72. The fourth-order valence-electron chi connectivity index (χ4n) is 0.592. The maximum absolute atomic E-state index is 9.11. The van der Waals surface area contributed by atoms with Crippen LogP contribution in [-0.2, 0) is 0 Å². The van der Waals surface area contributed by atoms with E-state index in [1.807, 2.05) is 0 Å². The maximum atomic E-state index is 9.11. The van der Waals surface area contributed by atoms with Gasteiger partial charge < -0.3 is 31.9 Å². The van der Waals surface area contributed by atoms with Crippen molar-refractivity contribution in [3.05, 3.63) is 0 Å². The van der Waals surface area contributed by atoms with Crippen LogP contribution < -0.4 is 11.5 Å². The molecule has 8 N–H and O–H groups in total. The molecule has 0 bridgehead atoms. The SMILES string of the molecule is NC(N)=N/N=C/[C@H](O)[C@@H](O)[C@H](O)CO. The molecule has 0 aliphatic heterocycles. The first-order valence-corrected chi connectivity index (χ1v) is 3.76. The van der Waals surface area contributed by atoms with Crippen LogP contribution in [0.5, 0.6) is 0 Å². The molecule has 0 spiro atoms.